The summed E-state index contributed by atoms with van der Waals surface area (Å²) in [6, 6.07) is 10.3. The molecule has 0 bridgehead atoms. The third-order valence-electron chi connectivity index (χ3n) is 3.33. The minimum absolute atomic E-state index is 0.144. The van der Waals surface area contributed by atoms with E-state index in [1.165, 1.54) is 18.2 Å². The quantitative estimate of drug-likeness (QED) is 0.492. The van der Waals surface area contributed by atoms with Crippen molar-refractivity contribution in [3.8, 4) is 11.5 Å². The molecule has 0 aromatic heterocycles. The number of benzene rings is 2. The number of hydrogen-bond donors (Lipinski definition) is 0. The van der Waals surface area contributed by atoms with Crippen LogP contribution in [0.2, 0.25) is 0 Å². The van der Waals surface area contributed by atoms with Gasteiger partial charge in [-0.3, -0.25) is 9.59 Å². The molecule has 116 valence electrons. The first kappa shape index (κ1) is 15.0. The second-order valence-electron chi connectivity index (χ2n) is 4.98. The molecule has 23 heavy (non-hydrogen) atoms. The third kappa shape index (κ3) is 3.13. The van der Waals surface area contributed by atoms with Crippen LogP contribution in [-0.2, 0) is 4.79 Å². The van der Waals surface area contributed by atoms with E-state index in [-0.39, 0.29) is 29.7 Å². The number of Topliss-reactive ketones (excluding diaryl/α,β-unsaturated/α-hetero) is 1. The summed E-state index contributed by atoms with van der Waals surface area (Å²) in [5, 5.41) is 0. The van der Waals surface area contributed by atoms with Gasteiger partial charge in [0.15, 0.2) is 5.76 Å². The van der Waals surface area contributed by atoms with Crippen LogP contribution in [0.3, 0.4) is 0 Å². The zero-order valence-corrected chi connectivity index (χ0v) is 12.3. The van der Waals surface area contributed by atoms with E-state index in [0.29, 0.717) is 22.6 Å². The molecule has 3 rings (SSSR count). The Hall–Kier alpha value is -2.95. The summed E-state index contributed by atoms with van der Waals surface area (Å²) in [7, 11) is 0. The van der Waals surface area contributed by atoms with Crippen molar-refractivity contribution in [3.63, 3.8) is 0 Å². The van der Waals surface area contributed by atoms with Crippen LogP contribution in [0.4, 0.5) is 4.39 Å². The predicted molar refractivity (Wildman–Crippen MR) is 81.7 cm³/mol. The summed E-state index contributed by atoms with van der Waals surface area (Å²) in [5.41, 5.74) is 1.05. The van der Waals surface area contributed by atoms with Crippen molar-refractivity contribution in [1.82, 2.24) is 0 Å². The van der Waals surface area contributed by atoms with Gasteiger partial charge in [0.2, 0.25) is 5.78 Å². The van der Waals surface area contributed by atoms with Gasteiger partial charge in [0, 0.05) is 12.5 Å². The summed E-state index contributed by atoms with van der Waals surface area (Å²) >= 11 is 0. The number of allylic oxidation sites excluding steroid dienone is 1. The van der Waals surface area contributed by atoms with Crippen LogP contribution in [0.1, 0.15) is 29.3 Å². The largest absolute Gasteiger partial charge is 0.452 e. The van der Waals surface area contributed by atoms with E-state index in [1.807, 2.05) is 0 Å². The van der Waals surface area contributed by atoms with E-state index in [1.54, 1.807) is 37.3 Å². The van der Waals surface area contributed by atoms with Crippen molar-refractivity contribution in [2.45, 2.75) is 13.3 Å². The van der Waals surface area contributed by atoms with E-state index in [4.69, 9.17) is 9.47 Å². The molecule has 0 radical (unpaired) electrons. The van der Waals surface area contributed by atoms with E-state index in [2.05, 4.69) is 0 Å². The number of rotatable bonds is 3. The molecular formula is C18H13FO4. The Kier molecular flexibility index (Phi) is 3.93. The van der Waals surface area contributed by atoms with Crippen molar-refractivity contribution in [2.24, 2.45) is 0 Å². The smallest absolute Gasteiger partial charge is 0.310 e. The van der Waals surface area contributed by atoms with Crippen LogP contribution in [0.25, 0.3) is 6.08 Å². The van der Waals surface area contributed by atoms with Crippen molar-refractivity contribution >= 4 is 17.8 Å². The standard InChI is InChI=1S/C18H13FO4/c1-2-17(20)22-13-7-8-14-15(10-13)23-16(18(14)21)9-11-3-5-12(19)6-4-11/h3-10H,2H2,1H3/b16-9-. The van der Waals surface area contributed by atoms with E-state index in [0.717, 1.165) is 0 Å². The van der Waals surface area contributed by atoms with E-state index < -0.39 is 0 Å². The maximum Gasteiger partial charge on any atom is 0.310 e. The molecule has 1 aliphatic rings. The van der Waals surface area contributed by atoms with Gasteiger partial charge in [-0.1, -0.05) is 19.1 Å². The zero-order valence-electron chi connectivity index (χ0n) is 12.3. The Morgan fingerprint density at radius 1 is 1.22 bits per heavy atom. The first-order chi connectivity index (χ1) is 11.1. The maximum atomic E-state index is 12.9. The van der Waals surface area contributed by atoms with Crippen LogP contribution in [0.15, 0.2) is 48.2 Å². The molecule has 0 spiro atoms. The number of ether oxygens (including phenoxy) is 2. The average molecular weight is 312 g/mol. The second-order valence-corrected chi connectivity index (χ2v) is 4.98. The van der Waals surface area contributed by atoms with Crippen molar-refractivity contribution < 1.29 is 23.5 Å². The average Bonchev–Trinajstić information content (AvgIpc) is 2.85. The van der Waals surface area contributed by atoms with Crippen LogP contribution >= 0.6 is 0 Å². The predicted octanol–water partition coefficient (Wildman–Crippen LogP) is 3.76. The fourth-order valence-corrected chi connectivity index (χ4v) is 2.14. The molecule has 2 aromatic carbocycles. The molecule has 0 amide bonds. The van der Waals surface area contributed by atoms with Crippen molar-refractivity contribution in [3.05, 3.63) is 65.2 Å². The summed E-state index contributed by atoms with van der Waals surface area (Å²) in [4.78, 5) is 23.6. The first-order valence-electron chi connectivity index (χ1n) is 7.11. The van der Waals surface area contributed by atoms with Gasteiger partial charge in [-0.15, -0.1) is 0 Å². The minimum Gasteiger partial charge on any atom is -0.452 e. The Labute approximate surface area is 132 Å². The highest BCUT2D eigenvalue weighted by atomic mass is 19.1. The molecule has 1 aliphatic heterocycles. The first-order valence-corrected chi connectivity index (χ1v) is 7.11. The molecule has 0 N–H and O–H groups in total. The molecule has 0 saturated carbocycles. The molecule has 4 nitrogen and oxygen atoms in total. The zero-order chi connectivity index (χ0) is 16.4. The summed E-state index contributed by atoms with van der Waals surface area (Å²) < 4.78 is 23.5. The van der Waals surface area contributed by atoms with E-state index >= 15 is 0 Å². The number of hydrogen-bond acceptors (Lipinski definition) is 4. The lowest BCUT2D eigenvalue weighted by Crippen LogP contribution is -2.05. The van der Waals surface area contributed by atoms with Gasteiger partial charge in [-0.2, -0.15) is 0 Å². The number of ketones is 1. The highest BCUT2D eigenvalue weighted by Crippen LogP contribution is 2.35. The maximum absolute atomic E-state index is 12.9. The number of carbonyl (C=O) groups excluding carboxylic acids is 2. The molecule has 0 saturated heterocycles. The molecule has 0 aliphatic carbocycles. The highest BCUT2D eigenvalue weighted by Gasteiger charge is 2.27. The SMILES string of the molecule is CCC(=O)Oc1ccc2c(c1)O/C(=C\c1ccc(F)cc1)C2=O. The van der Waals surface area contributed by atoms with Gasteiger partial charge in [-0.05, 0) is 35.9 Å². The lowest BCUT2D eigenvalue weighted by Gasteiger charge is -2.03. The number of fused-ring (bicyclic) bond motifs is 1. The van der Waals surface area contributed by atoms with Crippen molar-refractivity contribution in [2.75, 3.05) is 0 Å². The minimum atomic E-state index is -0.364. The normalized spacial score (nSPS) is 14.5. The molecule has 2 aromatic rings. The van der Waals surface area contributed by atoms with Crippen LogP contribution in [0, 0.1) is 5.82 Å². The Balaban J connectivity index is 1.86. The molecule has 5 heteroatoms. The second kappa shape index (κ2) is 6.04. The summed E-state index contributed by atoms with van der Waals surface area (Å²) in [6.45, 7) is 1.69. The molecule has 0 fully saturated rings. The Bertz CT molecular complexity index is 806. The molecule has 0 unspecified atom stereocenters. The lowest BCUT2D eigenvalue weighted by molar-refractivity contribution is -0.134. The van der Waals surface area contributed by atoms with Gasteiger partial charge in [-0.25, -0.2) is 4.39 Å². The highest BCUT2D eigenvalue weighted by molar-refractivity contribution is 6.14. The van der Waals surface area contributed by atoms with Gasteiger partial charge < -0.3 is 9.47 Å². The van der Waals surface area contributed by atoms with Gasteiger partial charge in [0.1, 0.15) is 17.3 Å². The molecule has 1 heterocycles. The van der Waals surface area contributed by atoms with Gasteiger partial charge in [0.05, 0.1) is 5.56 Å². The van der Waals surface area contributed by atoms with Crippen LogP contribution in [-0.4, -0.2) is 11.8 Å². The van der Waals surface area contributed by atoms with Crippen LogP contribution in [0.5, 0.6) is 11.5 Å². The van der Waals surface area contributed by atoms with E-state index in [9.17, 15) is 14.0 Å². The van der Waals surface area contributed by atoms with Crippen LogP contribution < -0.4 is 9.47 Å². The lowest BCUT2D eigenvalue weighted by atomic mass is 10.1. The number of carbonyl (C=O) groups is 2. The van der Waals surface area contributed by atoms with Crippen molar-refractivity contribution in [1.29, 1.82) is 0 Å². The summed E-state index contributed by atoms with van der Waals surface area (Å²) in [6.07, 6.45) is 1.80. The Morgan fingerprint density at radius 3 is 2.65 bits per heavy atom. The molecular weight excluding hydrogens is 299 g/mol. The molecule has 0 atom stereocenters. The Morgan fingerprint density at radius 2 is 1.96 bits per heavy atom. The summed E-state index contributed by atoms with van der Waals surface area (Å²) in [5.74, 6) is -0.174. The number of halogens is 1. The fraction of sp³-hybridized carbons (Fsp3) is 0.111. The monoisotopic (exact) mass is 312 g/mol. The fourth-order valence-electron chi connectivity index (χ4n) is 2.14. The number of esters is 1. The van der Waals surface area contributed by atoms with Gasteiger partial charge >= 0.3 is 5.97 Å². The third-order valence-corrected chi connectivity index (χ3v) is 3.33. The topological polar surface area (TPSA) is 52.6 Å². The van der Waals surface area contributed by atoms with Gasteiger partial charge in [0.25, 0.3) is 0 Å².